The van der Waals surface area contributed by atoms with Gasteiger partial charge in [-0.2, -0.15) is 0 Å². The summed E-state index contributed by atoms with van der Waals surface area (Å²) in [5, 5.41) is 0. The van der Waals surface area contributed by atoms with Crippen LogP contribution in [0.4, 0.5) is 0 Å². The second kappa shape index (κ2) is 3.88. The average Bonchev–Trinajstić information content (AvgIpc) is 1.87. The average molecular weight is 245 g/mol. The maximum absolute atomic E-state index is 2.39. The van der Waals surface area contributed by atoms with Gasteiger partial charge in [0.05, 0.1) is 0 Å². The Bertz CT molecular complexity index is 51.3. The predicted octanol–water partition coefficient (Wildman–Crippen LogP) is 1.37. The molecule has 0 aliphatic heterocycles. The molecule has 0 heterocycles. The van der Waals surface area contributed by atoms with Gasteiger partial charge in [-0.05, 0) is 0 Å². The molecule has 0 saturated heterocycles. The topological polar surface area (TPSA) is 0 Å². The summed E-state index contributed by atoms with van der Waals surface area (Å²) < 4.78 is 4.68. The molecule has 1 radical (unpaired) electrons. The zero-order valence-electron chi connectivity index (χ0n) is 6.50. The minimum absolute atomic E-state index is 0.916. The standard InChI is InChI=1S/C6H18ISi/c1-4-7(8,5-2)6-3/h4-6H2,1-3,8H3. The van der Waals surface area contributed by atoms with Gasteiger partial charge in [-0.1, -0.05) is 0 Å². The Morgan fingerprint density at radius 3 is 1.25 bits per heavy atom. The predicted molar refractivity (Wildman–Crippen MR) is 55.6 cm³/mol. The van der Waals surface area contributed by atoms with Gasteiger partial charge in [0.2, 0.25) is 0 Å². The summed E-state index contributed by atoms with van der Waals surface area (Å²) in [6.45, 7) is 7.16. The van der Waals surface area contributed by atoms with E-state index in [1.807, 2.05) is 0 Å². The van der Waals surface area contributed by atoms with Crippen molar-refractivity contribution in [2.24, 2.45) is 0 Å². The molecule has 0 fully saturated rings. The Morgan fingerprint density at radius 1 is 1.00 bits per heavy atom. The first kappa shape index (κ1) is 8.95. The molecule has 0 aliphatic carbocycles. The van der Waals surface area contributed by atoms with E-state index in [1.54, 1.807) is 21.0 Å². The summed E-state index contributed by atoms with van der Waals surface area (Å²) in [6.07, 6.45) is 0. The van der Waals surface area contributed by atoms with Gasteiger partial charge in [-0.15, -0.1) is 0 Å². The zero-order chi connectivity index (χ0) is 6.62. The fourth-order valence-electron chi connectivity index (χ4n) is 0.567. The summed E-state index contributed by atoms with van der Waals surface area (Å²) in [7, 11) is 1.55. The molecule has 0 aromatic carbocycles. The molecule has 0 saturated carbocycles. The fourth-order valence-corrected chi connectivity index (χ4v) is 3.80. The molecule has 0 aliphatic rings. The van der Waals surface area contributed by atoms with Gasteiger partial charge < -0.3 is 0 Å². The normalized spacial score (nSPS) is 14.4. The van der Waals surface area contributed by atoms with Crippen LogP contribution in [0.3, 0.4) is 0 Å². The summed E-state index contributed by atoms with van der Waals surface area (Å²) in [5.41, 5.74) is 0. The first-order valence-corrected chi connectivity index (χ1v) is 15.1. The van der Waals surface area contributed by atoms with E-state index in [1.165, 1.54) is 0 Å². The van der Waals surface area contributed by atoms with Crippen molar-refractivity contribution in [1.82, 2.24) is 0 Å². The molecule has 0 N–H and O–H groups in total. The Morgan fingerprint density at radius 2 is 1.25 bits per heavy atom. The van der Waals surface area contributed by atoms with Crippen molar-refractivity contribution < 1.29 is 0 Å². The van der Waals surface area contributed by atoms with E-state index in [4.69, 9.17) is 0 Å². The molecule has 0 unspecified atom stereocenters. The van der Waals surface area contributed by atoms with E-state index in [-0.39, 0.29) is 0 Å². The Kier molecular flexibility index (Phi) is 4.33. The van der Waals surface area contributed by atoms with E-state index in [0.717, 1.165) is 0 Å². The van der Waals surface area contributed by atoms with Crippen LogP contribution in [0.15, 0.2) is 0 Å². The molecule has 0 aromatic heterocycles. The van der Waals surface area contributed by atoms with Crippen LogP contribution < -0.4 is 0 Å². The number of hydrogen-bond donors (Lipinski definition) is 0. The van der Waals surface area contributed by atoms with Gasteiger partial charge in [0.15, 0.2) is 0 Å². The van der Waals surface area contributed by atoms with Crippen LogP contribution in [-0.4, -0.2) is 21.0 Å². The Balaban J connectivity index is 3.58. The van der Waals surface area contributed by atoms with Gasteiger partial charge in [-0.25, -0.2) is 0 Å². The van der Waals surface area contributed by atoms with Crippen molar-refractivity contribution in [2.45, 2.75) is 20.8 Å². The molecule has 8 heavy (non-hydrogen) atoms. The quantitative estimate of drug-likeness (QED) is 0.305. The van der Waals surface area contributed by atoms with Crippen LogP contribution in [-0.2, 0) is 0 Å². The van der Waals surface area contributed by atoms with Gasteiger partial charge in [-0.3, -0.25) is 0 Å². The fraction of sp³-hybridized carbons (Fsp3) is 1.00. The molecule has 53 valence electrons. The monoisotopic (exact) mass is 245 g/mol. The third kappa shape index (κ3) is 2.48. The molecule has 0 aromatic rings. The van der Waals surface area contributed by atoms with E-state index in [2.05, 4.69) is 20.8 Å². The number of alkyl halides is 3. The second-order valence-electron chi connectivity index (χ2n) is 2.17. The van der Waals surface area contributed by atoms with Crippen molar-refractivity contribution in [3.63, 3.8) is 0 Å². The van der Waals surface area contributed by atoms with Crippen molar-refractivity contribution in [2.75, 3.05) is 13.3 Å². The Labute approximate surface area is 59.4 Å². The Hall–Kier alpha value is 0.947. The van der Waals surface area contributed by atoms with Crippen LogP contribution in [0.1, 0.15) is 20.8 Å². The number of halogens is 1. The zero-order valence-corrected chi connectivity index (χ0v) is 10.7. The molecule has 0 rings (SSSR count). The molecular formula is C6H18ISi. The third-order valence-electron chi connectivity index (χ3n) is 1.94. The van der Waals surface area contributed by atoms with Crippen molar-refractivity contribution >= 4 is 25.4 Å². The second-order valence-corrected chi connectivity index (χ2v) is 25.3. The number of rotatable bonds is 3. The summed E-state index contributed by atoms with van der Waals surface area (Å²) in [5.74, 6) is 0. The van der Waals surface area contributed by atoms with Crippen LogP contribution in [0.2, 0.25) is 0 Å². The van der Waals surface area contributed by atoms with E-state index >= 15 is 0 Å². The van der Waals surface area contributed by atoms with Crippen LogP contribution in [0, 0.1) is 0 Å². The van der Waals surface area contributed by atoms with Crippen molar-refractivity contribution in [1.29, 1.82) is 0 Å². The molecule has 0 bridgehead atoms. The first-order chi connectivity index (χ1) is 3.68. The molecule has 0 spiro atoms. The first-order valence-electron chi connectivity index (χ1n) is 3.30. The maximum atomic E-state index is 2.39. The third-order valence-corrected chi connectivity index (χ3v) is 23.7. The van der Waals surface area contributed by atoms with Crippen LogP contribution >= 0.6 is 17.6 Å². The summed E-state index contributed by atoms with van der Waals surface area (Å²) in [4.78, 5) is 0. The van der Waals surface area contributed by atoms with Gasteiger partial charge in [0.1, 0.15) is 0 Å². The molecule has 0 atom stereocenters. The van der Waals surface area contributed by atoms with Crippen molar-refractivity contribution in [3.05, 3.63) is 0 Å². The molecule has 2 heteroatoms. The molecule has 0 amide bonds. The van der Waals surface area contributed by atoms with Crippen molar-refractivity contribution in [3.8, 4) is 0 Å². The SMILES string of the molecule is CC[I]([SiH3])(CC)CC. The van der Waals surface area contributed by atoms with Gasteiger partial charge in [0, 0.05) is 0 Å². The van der Waals surface area contributed by atoms with Crippen LogP contribution in [0.25, 0.3) is 0 Å². The van der Waals surface area contributed by atoms with Gasteiger partial charge >= 0.3 is 59.4 Å². The number of hydrogen-bond acceptors (Lipinski definition) is 0. The molecule has 0 nitrogen and oxygen atoms in total. The minimum atomic E-state index is -0.916. The summed E-state index contributed by atoms with van der Waals surface area (Å²) in [6, 6.07) is 0. The van der Waals surface area contributed by atoms with E-state index in [0.29, 0.717) is 0 Å². The molecular weight excluding hydrogens is 227 g/mol. The van der Waals surface area contributed by atoms with E-state index < -0.39 is 17.6 Å². The van der Waals surface area contributed by atoms with E-state index in [9.17, 15) is 0 Å². The van der Waals surface area contributed by atoms with Gasteiger partial charge in [0.25, 0.3) is 0 Å². The van der Waals surface area contributed by atoms with Crippen LogP contribution in [0.5, 0.6) is 0 Å². The summed E-state index contributed by atoms with van der Waals surface area (Å²) >= 11 is -0.916.